The molecular formula is C11H10F2N2O3S2. The second-order valence-electron chi connectivity index (χ2n) is 3.86. The molecule has 0 bridgehead atoms. The second kappa shape index (κ2) is 5.71. The number of hydrogen-bond acceptors (Lipinski definition) is 5. The standard InChI is InChI=1S/C11H10F2N2O3S2/c12-10(13)20(17,18)9-3-1-7(2-4-9)14-5-8-6-19-11(16)15-8/h1-4,6,10,14H,5H2,(H,15,16). The Bertz CT molecular complexity index is 736. The van der Waals surface area contributed by atoms with Crippen molar-refractivity contribution in [2.75, 3.05) is 5.32 Å². The van der Waals surface area contributed by atoms with Crippen molar-refractivity contribution < 1.29 is 17.2 Å². The largest absolute Gasteiger partial charge is 0.379 e. The minimum absolute atomic E-state index is 0.167. The highest BCUT2D eigenvalue weighted by molar-refractivity contribution is 7.91. The van der Waals surface area contributed by atoms with Crippen molar-refractivity contribution in [3.05, 3.63) is 45.0 Å². The van der Waals surface area contributed by atoms with Crippen LogP contribution in [0.15, 0.2) is 39.3 Å². The van der Waals surface area contributed by atoms with Crippen LogP contribution in [0.25, 0.3) is 0 Å². The van der Waals surface area contributed by atoms with Gasteiger partial charge in [0.15, 0.2) is 0 Å². The van der Waals surface area contributed by atoms with Gasteiger partial charge in [-0.25, -0.2) is 8.42 Å². The first kappa shape index (κ1) is 14.7. The minimum atomic E-state index is -4.56. The van der Waals surface area contributed by atoms with Crippen molar-refractivity contribution >= 4 is 26.9 Å². The van der Waals surface area contributed by atoms with Gasteiger partial charge in [-0.15, -0.1) is 0 Å². The molecule has 9 heteroatoms. The first-order valence-corrected chi connectivity index (χ1v) is 7.85. The van der Waals surface area contributed by atoms with E-state index in [9.17, 15) is 22.0 Å². The van der Waals surface area contributed by atoms with Gasteiger partial charge in [0.25, 0.3) is 0 Å². The van der Waals surface area contributed by atoms with Crippen molar-refractivity contribution in [3.8, 4) is 0 Å². The van der Waals surface area contributed by atoms with Crippen LogP contribution in [0.5, 0.6) is 0 Å². The molecule has 0 aliphatic heterocycles. The predicted molar refractivity (Wildman–Crippen MR) is 71.9 cm³/mol. The van der Waals surface area contributed by atoms with E-state index in [0.29, 0.717) is 17.9 Å². The van der Waals surface area contributed by atoms with Crippen LogP contribution in [0.4, 0.5) is 14.5 Å². The molecule has 2 N–H and O–H groups in total. The van der Waals surface area contributed by atoms with Gasteiger partial charge in [0.1, 0.15) is 0 Å². The maximum atomic E-state index is 12.3. The normalized spacial score (nSPS) is 11.8. The average Bonchev–Trinajstić information content (AvgIpc) is 2.82. The molecule has 0 saturated carbocycles. The van der Waals surface area contributed by atoms with Crippen LogP contribution in [0.1, 0.15) is 5.69 Å². The molecule has 0 spiro atoms. The van der Waals surface area contributed by atoms with Gasteiger partial charge in [0.05, 0.1) is 11.4 Å². The third kappa shape index (κ3) is 3.23. The number of hydrogen-bond donors (Lipinski definition) is 2. The smallest absolute Gasteiger partial charge is 0.341 e. The van der Waals surface area contributed by atoms with Gasteiger partial charge in [-0.1, -0.05) is 11.3 Å². The van der Waals surface area contributed by atoms with Crippen LogP contribution in [0.3, 0.4) is 0 Å². The lowest BCUT2D eigenvalue weighted by molar-refractivity contribution is 0.234. The summed E-state index contributed by atoms with van der Waals surface area (Å²) in [6, 6.07) is 5.00. The van der Waals surface area contributed by atoms with Gasteiger partial charge in [0.2, 0.25) is 9.84 Å². The Morgan fingerprint density at radius 3 is 2.40 bits per heavy atom. The number of nitrogens with one attached hydrogen (secondary N) is 2. The van der Waals surface area contributed by atoms with Gasteiger partial charge in [0, 0.05) is 16.8 Å². The van der Waals surface area contributed by atoms with Gasteiger partial charge in [-0.2, -0.15) is 8.78 Å². The molecule has 2 aromatic rings. The number of aromatic amines is 1. The summed E-state index contributed by atoms with van der Waals surface area (Å²) in [5.74, 6) is -3.43. The fourth-order valence-corrected chi connectivity index (χ4v) is 2.77. The molecule has 0 saturated heterocycles. The number of thiazole rings is 1. The highest BCUT2D eigenvalue weighted by Gasteiger charge is 2.26. The SMILES string of the molecule is O=c1[nH]c(CNc2ccc(S(=O)(=O)C(F)F)cc2)cs1. The van der Waals surface area contributed by atoms with Gasteiger partial charge >= 0.3 is 10.6 Å². The molecule has 2 rings (SSSR count). The highest BCUT2D eigenvalue weighted by atomic mass is 32.2. The Hall–Kier alpha value is -1.74. The molecule has 0 atom stereocenters. The number of rotatable bonds is 5. The summed E-state index contributed by atoms with van der Waals surface area (Å²) in [7, 11) is -4.56. The van der Waals surface area contributed by atoms with E-state index in [1.54, 1.807) is 5.38 Å². The first-order valence-electron chi connectivity index (χ1n) is 5.42. The molecule has 0 radical (unpaired) electrons. The van der Waals surface area contributed by atoms with Crippen LogP contribution < -0.4 is 10.2 Å². The van der Waals surface area contributed by atoms with E-state index in [4.69, 9.17) is 0 Å². The molecule has 0 fully saturated rings. The topological polar surface area (TPSA) is 79.0 Å². The third-order valence-corrected chi connectivity index (χ3v) is 4.59. The number of aromatic nitrogens is 1. The first-order chi connectivity index (χ1) is 9.39. The molecule has 0 aliphatic carbocycles. The zero-order chi connectivity index (χ0) is 14.8. The molecule has 1 aromatic heterocycles. The molecule has 0 unspecified atom stereocenters. The Labute approximate surface area is 117 Å². The molecule has 5 nitrogen and oxygen atoms in total. The van der Waals surface area contributed by atoms with Crippen molar-refractivity contribution in [2.45, 2.75) is 17.2 Å². The number of sulfone groups is 1. The van der Waals surface area contributed by atoms with Gasteiger partial charge in [-0.05, 0) is 24.3 Å². The van der Waals surface area contributed by atoms with E-state index in [-0.39, 0.29) is 4.87 Å². The van der Waals surface area contributed by atoms with Crippen molar-refractivity contribution in [1.29, 1.82) is 0 Å². The summed E-state index contributed by atoms with van der Waals surface area (Å²) in [6.07, 6.45) is 0. The molecule has 0 aliphatic rings. The maximum absolute atomic E-state index is 12.3. The number of H-pyrrole nitrogens is 1. The Kier molecular flexibility index (Phi) is 4.19. The van der Waals surface area contributed by atoms with Crippen LogP contribution >= 0.6 is 11.3 Å². The zero-order valence-corrected chi connectivity index (χ0v) is 11.6. The molecule has 1 heterocycles. The fourth-order valence-electron chi connectivity index (χ4n) is 1.46. The molecule has 0 amide bonds. The Morgan fingerprint density at radius 1 is 1.25 bits per heavy atom. The monoisotopic (exact) mass is 320 g/mol. The van der Waals surface area contributed by atoms with E-state index in [0.717, 1.165) is 23.5 Å². The average molecular weight is 320 g/mol. The molecular weight excluding hydrogens is 310 g/mol. The van der Waals surface area contributed by atoms with Crippen molar-refractivity contribution in [1.82, 2.24) is 4.98 Å². The summed E-state index contributed by atoms with van der Waals surface area (Å²) >= 11 is 1.03. The number of alkyl halides is 2. The lowest BCUT2D eigenvalue weighted by atomic mass is 10.3. The second-order valence-corrected chi connectivity index (χ2v) is 6.62. The zero-order valence-electron chi connectivity index (χ0n) is 9.97. The molecule has 20 heavy (non-hydrogen) atoms. The van der Waals surface area contributed by atoms with Crippen LogP contribution in [-0.4, -0.2) is 19.2 Å². The third-order valence-electron chi connectivity index (χ3n) is 2.47. The maximum Gasteiger partial charge on any atom is 0.341 e. The molecule has 108 valence electrons. The summed E-state index contributed by atoms with van der Waals surface area (Å²) < 4.78 is 47.1. The quantitative estimate of drug-likeness (QED) is 0.884. The Morgan fingerprint density at radius 2 is 1.90 bits per heavy atom. The summed E-state index contributed by atoms with van der Waals surface area (Å²) in [5, 5.41) is 4.59. The summed E-state index contributed by atoms with van der Waals surface area (Å²) in [6.45, 7) is 0.347. The van der Waals surface area contributed by atoms with Crippen LogP contribution in [0.2, 0.25) is 0 Å². The minimum Gasteiger partial charge on any atom is -0.379 e. The number of benzene rings is 1. The highest BCUT2D eigenvalue weighted by Crippen LogP contribution is 2.20. The number of anilines is 1. The fraction of sp³-hybridized carbons (Fsp3) is 0.182. The summed E-state index contributed by atoms with van der Waals surface area (Å²) in [4.78, 5) is 12.9. The van der Waals surface area contributed by atoms with Crippen LogP contribution in [-0.2, 0) is 16.4 Å². The lowest BCUT2D eigenvalue weighted by Crippen LogP contribution is -2.11. The van der Waals surface area contributed by atoms with E-state index >= 15 is 0 Å². The van der Waals surface area contributed by atoms with Crippen molar-refractivity contribution in [2.24, 2.45) is 0 Å². The van der Waals surface area contributed by atoms with E-state index in [1.165, 1.54) is 12.1 Å². The van der Waals surface area contributed by atoms with E-state index in [2.05, 4.69) is 10.3 Å². The van der Waals surface area contributed by atoms with Crippen molar-refractivity contribution in [3.63, 3.8) is 0 Å². The van der Waals surface area contributed by atoms with Crippen LogP contribution in [0, 0.1) is 0 Å². The van der Waals surface area contributed by atoms with Gasteiger partial charge < -0.3 is 10.3 Å². The Balaban J connectivity index is 2.07. The molecule has 1 aromatic carbocycles. The summed E-state index contributed by atoms with van der Waals surface area (Å²) in [5.41, 5.74) is 1.24. The predicted octanol–water partition coefficient (Wildman–Crippen LogP) is 2.04. The van der Waals surface area contributed by atoms with E-state index < -0.39 is 20.5 Å². The van der Waals surface area contributed by atoms with E-state index in [1.807, 2.05) is 0 Å². The lowest BCUT2D eigenvalue weighted by Gasteiger charge is -2.07. The number of halogens is 2. The van der Waals surface area contributed by atoms with Gasteiger partial charge in [-0.3, -0.25) is 4.79 Å².